The summed E-state index contributed by atoms with van der Waals surface area (Å²) >= 11 is 31.6. The van der Waals surface area contributed by atoms with Crippen LogP contribution < -0.4 is 0 Å². The SMILES string of the molecule is O=C(O)Cc1sccc1-c1c(Cl)c(Cl)c(Cl)c(Cl)c1Cl. The molecular formula is C12H5Cl5O2S. The summed E-state index contributed by atoms with van der Waals surface area (Å²) in [5.41, 5.74) is 0.984. The smallest absolute Gasteiger partial charge is 0.308 e. The van der Waals surface area contributed by atoms with Gasteiger partial charge in [0.05, 0.1) is 31.5 Å². The molecule has 0 fully saturated rings. The molecule has 2 aromatic rings. The largest absolute Gasteiger partial charge is 0.481 e. The van der Waals surface area contributed by atoms with Crippen LogP contribution in [0.5, 0.6) is 0 Å². The summed E-state index contributed by atoms with van der Waals surface area (Å²) in [4.78, 5) is 11.5. The van der Waals surface area contributed by atoms with Crippen LogP contribution in [0.1, 0.15) is 4.88 Å². The fourth-order valence-corrected chi connectivity index (χ4v) is 3.89. The second kappa shape index (κ2) is 6.30. The van der Waals surface area contributed by atoms with Crippen molar-refractivity contribution in [1.29, 1.82) is 0 Å². The molecule has 0 radical (unpaired) electrons. The van der Waals surface area contributed by atoms with Crippen LogP contribution in [0.3, 0.4) is 0 Å². The Bertz CT molecular complexity index is 666. The van der Waals surface area contributed by atoms with Gasteiger partial charge < -0.3 is 5.11 Å². The molecule has 0 aliphatic rings. The van der Waals surface area contributed by atoms with Crippen LogP contribution in [0.4, 0.5) is 0 Å². The predicted molar refractivity (Wildman–Crippen MR) is 86.1 cm³/mol. The van der Waals surface area contributed by atoms with Crippen molar-refractivity contribution in [2.75, 3.05) is 0 Å². The van der Waals surface area contributed by atoms with Gasteiger partial charge in [-0.05, 0) is 17.0 Å². The van der Waals surface area contributed by atoms with Gasteiger partial charge in [0.2, 0.25) is 0 Å². The maximum Gasteiger partial charge on any atom is 0.308 e. The molecule has 0 saturated heterocycles. The molecule has 0 saturated carbocycles. The number of thiophene rings is 1. The Hall–Kier alpha value is -0.160. The summed E-state index contributed by atoms with van der Waals surface area (Å²) in [5, 5.41) is 11.2. The summed E-state index contributed by atoms with van der Waals surface area (Å²) < 4.78 is 0. The van der Waals surface area contributed by atoms with Gasteiger partial charge in [0.1, 0.15) is 0 Å². The van der Waals surface area contributed by atoms with Crippen molar-refractivity contribution in [1.82, 2.24) is 0 Å². The molecule has 0 aliphatic heterocycles. The third kappa shape index (κ3) is 2.89. The lowest BCUT2D eigenvalue weighted by Gasteiger charge is -2.12. The second-order valence-electron chi connectivity index (χ2n) is 3.77. The topological polar surface area (TPSA) is 37.3 Å². The highest BCUT2D eigenvalue weighted by atomic mass is 35.5. The fourth-order valence-electron chi connectivity index (χ4n) is 1.68. The molecule has 8 heteroatoms. The molecule has 0 amide bonds. The van der Waals surface area contributed by atoms with E-state index in [0.717, 1.165) is 0 Å². The van der Waals surface area contributed by atoms with Gasteiger partial charge in [0.25, 0.3) is 0 Å². The minimum atomic E-state index is -0.952. The molecule has 1 aromatic carbocycles. The summed E-state index contributed by atoms with van der Waals surface area (Å²) in [6, 6.07) is 1.72. The van der Waals surface area contributed by atoms with E-state index in [4.69, 9.17) is 63.1 Å². The number of carboxylic acid groups (broad SMARTS) is 1. The summed E-state index contributed by atoms with van der Waals surface area (Å²) in [6.07, 6.45) is -0.141. The van der Waals surface area contributed by atoms with Crippen molar-refractivity contribution in [3.8, 4) is 11.1 Å². The maximum atomic E-state index is 10.9. The molecule has 0 bridgehead atoms. The Kier molecular flexibility index (Phi) is 5.11. The standard InChI is InChI=1S/C12H5Cl5O2S/c13-8-7(9(14)11(16)12(17)10(8)15)4-1-2-20-5(4)3-6(18)19/h1-2H,3H2,(H,18,19). The van der Waals surface area contributed by atoms with Gasteiger partial charge >= 0.3 is 5.97 Å². The number of benzene rings is 1. The van der Waals surface area contributed by atoms with Crippen LogP contribution in [0, 0.1) is 0 Å². The molecule has 20 heavy (non-hydrogen) atoms. The maximum absolute atomic E-state index is 10.9. The van der Waals surface area contributed by atoms with Gasteiger partial charge in [-0.2, -0.15) is 0 Å². The molecule has 0 spiro atoms. The van der Waals surface area contributed by atoms with E-state index in [2.05, 4.69) is 0 Å². The highest BCUT2D eigenvalue weighted by molar-refractivity contribution is 7.10. The minimum Gasteiger partial charge on any atom is -0.481 e. The first-order valence-corrected chi connectivity index (χ1v) is 7.91. The van der Waals surface area contributed by atoms with E-state index in [1.165, 1.54) is 11.3 Å². The van der Waals surface area contributed by atoms with E-state index < -0.39 is 5.97 Å². The molecular weight excluding hydrogens is 385 g/mol. The lowest BCUT2D eigenvalue weighted by atomic mass is 10.1. The molecule has 1 N–H and O–H groups in total. The molecule has 0 aliphatic carbocycles. The Balaban J connectivity index is 2.71. The molecule has 1 heterocycles. The monoisotopic (exact) mass is 388 g/mol. The Morgan fingerprint density at radius 3 is 2.00 bits per heavy atom. The predicted octanol–water partition coefficient (Wildman–Crippen LogP) is 6.31. The third-order valence-corrected chi connectivity index (χ3v) is 5.73. The first-order chi connectivity index (χ1) is 9.34. The van der Waals surface area contributed by atoms with Crippen molar-refractivity contribution < 1.29 is 9.90 Å². The van der Waals surface area contributed by atoms with E-state index in [1.807, 2.05) is 0 Å². The zero-order valence-corrected chi connectivity index (χ0v) is 14.1. The average Bonchev–Trinajstić information content (AvgIpc) is 2.82. The van der Waals surface area contributed by atoms with Crippen molar-refractivity contribution >= 4 is 75.3 Å². The quantitative estimate of drug-likeness (QED) is 0.493. The lowest BCUT2D eigenvalue weighted by molar-refractivity contribution is -0.136. The molecule has 106 valence electrons. The van der Waals surface area contributed by atoms with Crippen LogP contribution in [-0.4, -0.2) is 11.1 Å². The van der Waals surface area contributed by atoms with Crippen molar-refractivity contribution in [3.63, 3.8) is 0 Å². The summed E-state index contributed by atoms with van der Waals surface area (Å²) in [6.45, 7) is 0. The van der Waals surface area contributed by atoms with Crippen LogP contribution in [0.2, 0.25) is 25.1 Å². The molecule has 0 atom stereocenters. The molecule has 0 unspecified atom stereocenters. The number of carbonyl (C=O) groups is 1. The Morgan fingerprint density at radius 1 is 1.00 bits per heavy atom. The van der Waals surface area contributed by atoms with Crippen LogP contribution in [-0.2, 0) is 11.2 Å². The Morgan fingerprint density at radius 2 is 1.50 bits per heavy atom. The van der Waals surface area contributed by atoms with Crippen LogP contribution in [0.25, 0.3) is 11.1 Å². The number of rotatable bonds is 3. The summed E-state index contributed by atoms with van der Waals surface area (Å²) in [7, 11) is 0. The van der Waals surface area contributed by atoms with E-state index in [0.29, 0.717) is 16.0 Å². The summed E-state index contributed by atoms with van der Waals surface area (Å²) in [5.74, 6) is -0.952. The first-order valence-electron chi connectivity index (χ1n) is 5.14. The van der Waals surface area contributed by atoms with Gasteiger partial charge in [-0.1, -0.05) is 58.0 Å². The van der Waals surface area contributed by atoms with Gasteiger partial charge in [-0.3, -0.25) is 4.79 Å². The van der Waals surface area contributed by atoms with Gasteiger partial charge in [0, 0.05) is 10.4 Å². The molecule has 2 rings (SSSR count). The third-order valence-electron chi connectivity index (χ3n) is 2.54. The minimum absolute atomic E-state index is 0.0714. The fraction of sp³-hybridized carbons (Fsp3) is 0.0833. The average molecular weight is 391 g/mol. The number of aliphatic carboxylic acids is 1. The van der Waals surface area contributed by atoms with Crippen molar-refractivity contribution in [2.45, 2.75) is 6.42 Å². The number of halogens is 5. The van der Waals surface area contributed by atoms with E-state index in [1.54, 1.807) is 11.4 Å². The lowest BCUT2D eigenvalue weighted by Crippen LogP contribution is -1.99. The number of hydrogen-bond donors (Lipinski definition) is 1. The van der Waals surface area contributed by atoms with Crippen molar-refractivity contribution in [2.24, 2.45) is 0 Å². The normalized spacial score (nSPS) is 10.8. The highest BCUT2D eigenvalue weighted by Gasteiger charge is 2.23. The van der Waals surface area contributed by atoms with Crippen molar-refractivity contribution in [3.05, 3.63) is 41.4 Å². The van der Waals surface area contributed by atoms with Crippen LogP contribution in [0.15, 0.2) is 11.4 Å². The molecule has 1 aromatic heterocycles. The first kappa shape index (κ1) is 16.2. The molecule has 2 nitrogen and oxygen atoms in total. The Labute approximate surface area is 143 Å². The van der Waals surface area contributed by atoms with Gasteiger partial charge in [-0.15, -0.1) is 11.3 Å². The van der Waals surface area contributed by atoms with Crippen LogP contribution >= 0.6 is 69.3 Å². The number of hydrogen-bond acceptors (Lipinski definition) is 2. The van der Waals surface area contributed by atoms with E-state index in [9.17, 15) is 4.79 Å². The number of carboxylic acids is 1. The van der Waals surface area contributed by atoms with E-state index >= 15 is 0 Å². The van der Waals surface area contributed by atoms with Gasteiger partial charge in [0.15, 0.2) is 0 Å². The zero-order chi connectivity index (χ0) is 15.0. The zero-order valence-electron chi connectivity index (χ0n) is 9.52. The van der Waals surface area contributed by atoms with E-state index in [-0.39, 0.29) is 31.5 Å². The van der Waals surface area contributed by atoms with Gasteiger partial charge in [-0.25, -0.2) is 0 Å². The second-order valence-corrected chi connectivity index (χ2v) is 6.66. The highest BCUT2D eigenvalue weighted by Crippen LogP contribution is 2.49.